The number of allylic oxidation sites excluding steroid dienone is 2. The highest BCUT2D eigenvalue weighted by atomic mass is 16.1. The van der Waals surface area contributed by atoms with E-state index < -0.39 is 0 Å². The maximum absolute atomic E-state index is 11.6. The van der Waals surface area contributed by atoms with E-state index in [0.29, 0.717) is 23.0 Å². The van der Waals surface area contributed by atoms with Crippen LogP contribution in [0.25, 0.3) is 17.2 Å². The third-order valence-corrected chi connectivity index (χ3v) is 2.64. The molecule has 3 aliphatic rings. The topological polar surface area (TPSA) is 84.7 Å². The van der Waals surface area contributed by atoms with Crippen molar-refractivity contribution in [2.45, 2.75) is 13.8 Å². The second-order valence-electron chi connectivity index (χ2n) is 3.79. The van der Waals surface area contributed by atoms with Crippen LogP contribution in [0.15, 0.2) is 18.4 Å². The van der Waals surface area contributed by atoms with Gasteiger partial charge in [0, 0.05) is 6.92 Å². The summed E-state index contributed by atoms with van der Waals surface area (Å²) in [4.78, 5) is 23.9. The van der Waals surface area contributed by atoms with Crippen LogP contribution in [0.1, 0.15) is 13.8 Å². The number of nitrogens with one attached hydrogen (secondary N) is 2. The summed E-state index contributed by atoms with van der Waals surface area (Å²) in [7, 11) is 0. The maximum atomic E-state index is 11.6. The van der Waals surface area contributed by atoms with Gasteiger partial charge < -0.3 is 5.43 Å². The van der Waals surface area contributed by atoms with Crippen molar-refractivity contribution in [2.75, 3.05) is 5.43 Å². The number of rotatable bonds is 1. The van der Waals surface area contributed by atoms with E-state index in [-0.39, 0.29) is 5.78 Å². The fraction of sp³-hybridized carbons (Fsp3) is 0.200. The van der Waals surface area contributed by atoms with Crippen LogP contribution in [-0.4, -0.2) is 25.3 Å². The van der Waals surface area contributed by atoms with Gasteiger partial charge in [-0.05, 0) is 6.92 Å². The molecule has 0 saturated carbocycles. The average Bonchev–Trinajstić information content (AvgIpc) is 2.75. The molecule has 0 saturated heterocycles. The van der Waals surface area contributed by atoms with Crippen molar-refractivity contribution in [1.29, 1.82) is 0 Å². The van der Waals surface area contributed by atoms with E-state index in [4.69, 9.17) is 0 Å². The number of nitrogens with zero attached hydrogens (tertiary/aromatic N) is 4. The van der Waals surface area contributed by atoms with E-state index in [2.05, 4.69) is 25.8 Å². The first-order valence-corrected chi connectivity index (χ1v) is 5.10. The number of Topliss-reactive ketones (excluding diaryl/α,β-unsaturated/α-hetero) is 1. The van der Waals surface area contributed by atoms with Crippen molar-refractivity contribution in [3.8, 4) is 11.5 Å². The van der Waals surface area contributed by atoms with Gasteiger partial charge in [-0.2, -0.15) is 0 Å². The molecule has 86 valence electrons. The van der Waals surface area contributed by atoms with Crippen LogP contribution >= 0.6 is 0 Å². The van der Waals surface area contributed by atoms with E-state index in [0.717, 1.165) is 5.70 Å². The zero-order chi connectivity index (χ0) is 12.0. The lowest BCUT2D eigenvalue weighted by Gasteiger charge is -2.25. The molecule has 0 aromatic rings. The minimum absolute atomic E-state index is 0.0385. The Labute approximate surface area is 96.9 Å². The summed E-state index contributed by atoms with van der Waals surface area (Å²) >= 11 is 0. The molecular weight excluding hydrogens is 220 g/mol. The van der Waals surface area contributed by atoms with Gasteiger partial charge in [-0.1, -0.05) is 0 Å². The summed E-state index contributed by atoms with van der Waals surface area (Å²) in [6.45, 7) is 3.34. The lowest BCUT2D eigenvalue weighted by atomic mass is 10.2. The van der Waals surface area contributed by atoms with Crippen molar-refractivity contribution in [2.24, 2.45) is 0 Å². The standard InChI is InChI=1S/C10H10N6O/c1-5-8(6(2)17)16-4-13-9-7(11-3-12-9)10(16)15-14-5/h3-4,14-15H,1-2H3. The Balaban J connectivity index is 2.32. The third kappa shape index (κ3) is 1.28. The van der Waals surface area contributed by atoms with Crippen molar-refractivity contribution in [3.63, 3.8) is 0 Å². The van der Waals surface area contributed by atoms with Gasteiger partial charge in [-0.3, -0.25) is 14.8 Å². The second kappa shape index (κ2) is 3.27. The summed E-state index contributed by atoms with van der Waals surface area (Å²) in [5.41, 5.74) is 7.86. The Bertz CT molecular complexity index is 613. The smallest absolute Gasteiger partial charge is 0.185 e. The molecule has 17 heavy (non-hydrogen) atoms. The predicted molar refractivity (Wildman–Crippen MR) is 60.8 cm³/mol. The highest BCUT2D eigenvalue weighted by Crippen LogP contribution is 2.29. The number of ketones is 1. The molecule has 7 heteroatoms. The Morgan fingerprint density at radius 1 is 1.29 bits per heavy atom. The van der Waals surface area contributed by atoms with Gasteiger partial charge in [0.1, 0.15) is 18.4 Å². The molecule has 3 aliphatic heterocycles. The molecule has 0 aliphatic carbocycles. The van der Waals surface area contributed by atoms with Gasteiger partial charge in [-0.25, -0.2) is 15.0 Å². The van der Waals surface area contributed by atoms with Gasteiger partial charge >= 0.3 is 0 Å². The molecule has 0 radical (unpaired) electrons. The maximum Gasteiger partial charge on any atom is 0.185 e. The Morgan fingerprint density at radius 2 is 2.12 bits per heavy atom. The van der Waals surface area contributed by atoms with E-state index in [9.17, 15) is 4.79 Å². The number of carbonyl (C=O) groups is 1. The quantitative estimate of drug-likeness (QED) is 0.741. The van der Waals surface area contributed by atoms with E-state index in [1.807, 2.05) is 6.92 Å². The van der Waals surface area contributed by atoms with E-state index in [1.54, 1.807) is 10.9 Å². The lowest BCUT2D eigenvalue weighted by molar-refractivity contribution is -0.112. The largest absolute Gasteiger partial charge is 0.302 e. The van der Waals surface area contributed by atoms with Crippen LogP contribution in [0.3, 0.4) is 0 Å². The molecule has 0 spiro atoms. The highest BCUT2D eigenvalue weighted by Gasteiger charge is 2.24. The average molecular weight is 230 g/mol. The van der Waals surface area contributed by atoms with Gasteiger partial charge in [-0.15, -0.1) is 0 Å². The van der Waals surface area contributed by atoms with Crippen LogP contribution in [0, 0.1) is 0 Å². The lowest BCUT2D eigenvalue weighted by Crippen LogP contribution is -2.32. The molecule has 0 fully saturated rings. The normalized spacial score (nSPS) is 14.2. The fourth-order valence-electron chi connectivity index (χ4n) is 1.92. The molecule has 0 aromatic heterocycles. The Kier molecular flexibility index (Phi) is 1.88. The molecule has 0 amide bonds. The Morgan fingerprint density at radius 3 is 2.88 bits per heavy atom. The van der Waals surface area contributed by atoms with Crippen LogP contribution in [0.2, 0.25) is 0 Å². The number of fused-ring (bicyclic) bond motifs is 3. The van der Waals surface area contributed by atoms with Crippen molar-refractivity contribution >= 4 is 17.3 Å². The number of aromatic nitrogens is 4. The summed E-state index contributed by atoms with van der Waals surface area (Å²) in [5, 5.41) is 0. The highest BCUT2D eigenvalue weighted by molar-refractivity contribution is 6.15. The SMILES string of the molecule is CC(=O)C1=C(C)NNc2c3ncnc-3ncn21. The Hall–Kier alpha value is -2.44. The van der Waals surface area contributed by atoms with Crippen molar-refractivity contribution in [1.82, 2.24) is 24.9 Å². The van der Waals surface area contributed by atoms with Gasteiger partial charge in [0.2, 0.25) is 0 Å². The van der Waals surface area contributed by atoms with Crippen LogP contribution in [0.5, 0.6) is 0 Å². The summed E-state index contributed by atoms with van der Waals surface area (Å²) in [6, 6.07) is 0. The molecule has 3 heterocycles. The number of anilines is 1. The minimum Gasteiger partial charge on any atom is -0.302 e. The monoisotopic (exact) mass is 230 g/mol. The zero-order valence-corrected chi connectivity index (χ0v) is 9.35. The molecule has 0 atom stereocenters. The molecular formula is C10H10N6O. The molecule has 0 aromatic carbocycles. The van der Waals surface area contributed by atoms with Gasteiger partial charge in [0.05, 0.1) is 5.70 Å². The van der Waals surface area contributed by atoms with E-state index in [1.165, 1.54) is 13.3 Å². The minimum atomic E-state index is -0.0385. The first kappa shape index (κ1) is 9.76. The summed E-state index contributed by atoms with van der Waals surface area (Å²) in [5.74, 6) is 1.18. The van der Waals surface area contributed by atoms with Crippen molar-refractivity contribution < 1.29 is 4.79 Å². The fourth-order valence-corrected chi connectivity index (χ4v) is 1.92. The van der Waals surface area contributed by atoms with Crippen LogP contribution in [-0.2, 0) is 4.79 Å². The number of hydrogen-bond donors (Lipinski definition) is 2. The number of hydrazine groups is 1. The molecule has 7 nitrogen and oxygen atoms in total. The van der Waals surface area contributed by atoms with Gasteiger partial charge in [0.25, 0.3) is 0 Å². The first-order valence-electron chi connectivity index (χ1n) is 5.10. The molecule has 0 bridgehead atoms. The predicted octanol–water partition coefficient (Wildman–Crippen LogP) is 0.485. The van der Waals surface area contributed by atoms with Crippen LogP contribution < -0.4 is 10.9 Å². The summed E-state index contributed by atoms with van der Waals surface area (Å²) < 4.78 is 1.69. The zero-order valence-electron chi connectivity index (χ0n) is 9.35. The van der Waals surface area contributed by atoms with Gasteiger partial charge in [0.15, 0.2) is 23.1 Å². The summed E-state index contributed by atoms with van der Waals surface area (Å²) in [6.07, 6.45) is 3.01. The van der Waals surface area contributed by atoms with Crippen molar-refractivity contribution in [3.05, 3.63) is 18.4 Å². The molecule has 2 N–H and O–H groups in total. The first-order chi connectivity index (χ1) is 8.18. The van der Waals surface area contributed by atoms with Crippen LogP contribution in [0.4, 0.5) is 5.82 Å². The number of imidazole rings is 1. The second-order valence-corrected chi connectivity index (χ2v) is 3.79. The van der Waals surface area contributed by atoms with E-state index >= 15 is 0 Å². The molecule has 3 rings (SSSR count). The third-order valence-electron chi connectivity index (χ3n) is 2.64. The number of carbonyl (C=O) groups excluding carboxylic acids is 1. The molecule has 0 unspecified atom stereocenters. The number of hydrogen-bond acceptors (Lipinski definition) is 6.